The summed E-state index contributed by atoms with van der Waals surface area (Å²) in [6.45, 7) is 2.03. The Bertz CT molecular complexity index is 79.8. The number of amides is 1. The van der Waals surface area contributed by atoms with Gasteiger partial charge in [0.15, 0.2) is 0 Å². The van der Waals surface area contributed by atoms with Crippen LogP contribution >= 0.6 is 0 Å². The highest BCUT2D eigenvalue weighted by molar-refractivity contribution is 6.23. The van der Waals surface area contributed by atoms with Crippen molar-refractivity contribution in [3.05, 3.63) is 0 Å². The smallest absolute Gasteiger partial charge is 0.279 e. The number of carbonyl (C=O) groups excluding carboxylic acids is 2. The molecule has 0 saturated heterocycles. The Kier molecular flexibility index (Phi) is 2.92. The van der Waals surface area contributed by atoms with E-state index in [9.17, 15) is 9.59 Å². The van der Waals surface area contributed by atoms with Crippen LogP contribution in [-0.4, -0.2) is 18.7 Å². The molecule has 3 nitrogen and oxygen atoms in total. The lowest BCUT2D eigenvalue weighted by Gasteiger charge is -1.82. The van der Waals surface area contributed by atoms with Crippen molar-refractivity contribution in [1.82, 2.24) is 5.32 Å². The van der Waals surface area contributed by atoms with Crippen molar-refractivity contribution in [2.45, 2.75) is 6.92 Å². The van der Waals surface area contributed by atoms with Gasteiger partial charge in [0.05, 0.1) is 0 Å². The van der Waals surface area contributed by atoms with Crippen LogP contribution in [-0.2, 0) is 9.59 Å². The van der Waals surface area contributed by atoms with Gasteiger partial charge >= 0.3 is 5.91 Å². The molecule has 7 heavy (non-hydrogen) atoms. The fourth-order valence-corrected chi connectivity index (χ4v) is 0.176. The summed E-state index contributed by atoms with van der Waals surface area (Å²) in [5.74, 6) is -0.803. The van der Waals surface area contributed by atoms with E-state index in [1.165, 1.54) is 0 Å². The first kappa shape index (κ1) is 6.14. The molecule has 2 radical (unpaired) electrons. The van der Waals surface area contributed by atoms with Crippen LogP contribution in [0.2, 0.25) is 0 Å². The molecule has 0 N–H and O–H groups in total. The Hall–Kier alpha value is -0.860. The summed E-state index contributed by atoms with van der Waals surface area (Å²) in [6.07, 6.45) is 1.11. The SMILES string of the molecule is CC[N]C(=O)[C]=O. The van der Waals surface area contributed by atoms with E-state index in [4.69, 9.17) is 0 Å². The highest BCUT2D eigenvalue weighted by atomic mass is 16.2. The van der Waals surface area contributed by atoms with Crippen LogP contribution in [0.4, 0.5) is 0 Å². The first-order chi connectivity index (χ1) is 3.31. The predicted octanol–water partition coefficient (Wildman–Crippen LogP) is -0.753. The average molecular weight is 99.1 g/mol. The molecule has 0 aliphatic carbocycles. The van der Waals surface area contributed by atoms with Gasteiger partial charge < -0.3 is 0 Å². The number of hydrogen-bond acceptors (Lipinski definition) is 2. The number of rotatable bonds is 2. The molecular weight excluding hydrogens is 94.0 g/mol. The molecule has 1 amide bonds. The van der Waals surface area contributed by atoms with Crippen molar-refractivity contribution in [2.75, 3.05) is 6.54 Å². The molecular formula is C4H5NO2. The van der Waals surface area contributed by atoms with E-state index in [1.54, 1.807) is 6.92 Å². The number of hydrogen-bond donors (Lipinski definition) is 0. The third kappa shape index (κ3) is 2.96. The maximum atomic E-state index is 9.82. The molecule has 0 rings (SSSR count). The summed E-state index contributed by atoms with van der Waals surface area (Å²) >= 11 is 0. The standard InChI is InChI=1S/C4H5NO2/c1-2-5-4(7)3-6/h2H2,1H3. The predicted molar refractivity (Wildman–Crippen MR) is 23.4 cm³/mol. The van der Waals surface area contributed by atoms with Crippen molar-refractivity contribution in [2.24, 2.45) is 0 Å². The van der Waals surface area contributed by atoms with Gasteiger partial charge in [-0.1, -0.05) is 0 Å². The van der Waals surface area contributed by atoms with Gasteiger partial charge in [-0.2, -0.15) is 0 Å². The molecule has 0 fully saturated rings. The highest BCUT2D eigenvalue weighted by Crippen LogP contribution is 1.57. The minimum Gasteiger partial charge on any atom is -0.279 e. The summed E-state index contributed by atoms with van der Waals surface area (Å²) in [5, 5.41) is 3.18. The van der Waals surface area contributed by atoms with E-state index in [1.807, 2.05) is 0 Å². The summed E-state index contributed by atoms with van der Waals surface area (Å²) < 4.78 is 0. The van der Waals surface area contributed by atoms with Crippen LogP contribution in [0, 0.1) is 0 Å². The Balaban J connectivity index is 3.17. The Morgan fingerprint density at radius 1 is 1.86 bits per heavy atom. The van der Waals surface area contributed by atoms with Gasteiger partial charge in [0, 0.05) is 6.54 Å². The molecule has 0 heterocycles. The van der Waals surface area contributed by atoms with Gasteiger partial charge in [-0.25, -0.2) is 5.32 Å². The zero-order valence-electron chi connectivity index (χ0n) is 3.97. The largest absolute Gasteiger partial charge is 0.317 e. The molecule has 0 saturated carbocycles. The van der Waals surface area contributed by atoms with Crippen LogP contribution in [0.5, 0.6) is 0 Å². The van der Waals surface area contributed by atoms with Crippen LogP contribution in [0.1, 0.15) is 6.92 Å². The van der Waals surface area contributed by atoms with Gasteiger partial charge in [0.2, 0.25) is 0 Å². The topological polar surface area (TPSA) is 48.2 Å². The second kappa shape index (κ2) is 3.33. The molecule has 0 aromatic heterocycles. The summed E-state index contributed by atoms with van der Waals surface area (Å²) in [6, 6.07) is 0. The lowest BCUT2D eigenvalue weighted by atomic mass is 10.6. The quantitative estimate of drug-likeness (QED) is 0.427. The van der Waals surface area contributed by atoms with E-state index < -0.39 is 5.91 Å². The Morgan fingerprint density at radius 3 is 2.57 bits per heavy atom. The van der Waals surface area contributed by atoms with Crippen molar-refractivity contribution in [3.8, 4) is 0 Å². The lowest BCUT2D eigenvalue weighted by molar-refractivity contribution is -0.115. The molecule has 0 unspecified atom stereocenters. The third-order valence-electron chi connectivity index (χ3n) is 0.389. The molecule has 3 heteroatoms. The van der Waals surface area contributed by atoms with Gasteiger partial charge in [0.25, 0.3) is 6.29 Å². The molecule has 0 spiro atoms. The van der Waals surface area contributed by atoms with Gasteiger partial charge in [-0.3, -0.25) is 9.59 Å². The van der Waals surface area contributed by atoms with Gasteiger partial charge in [-0.15, -0.1) is 0 Å². The van der Waals surface area contributed by atoms with Crippen LogP contribution in [0.3, 0.4) is 0 Å². The fourth-order valence-electron chi connectivity index (χ4n) is 0.176. The molecule has 0 aliphatic heterocycles. The van der Waals surface area contributed by atoms with E-state index in [2.05, 4.69) is 5.32 Å². The summed E-state index contributed by atoms with van der Waals surface area (Å²) in [7, 11) is 0. The minimum atomic E-state index is -0.803. The van der Waals surface area contributed by atoms with Crippen molar-refractivity contribution >= 4 is 12.2 Å². The normalized spacial score (nSPS) is 7.57. The van der Waals surface area contributed by atoms with Gasteiger partial charge in [0.1, 0.15) is 0 Å². The maximum absolute atomic E-state index is 9.82. The first-order valence-electron chi connectivity index (χ1n) is 1.91. The van der Waals surface area contributed by atoms with E-state index in [-0.39, 0.29) is 0 Å². The van der Waals surface area contributed by atoms with Crippen LogP contribution in [0.15, 0.2) is 0 Å². The summed E-state index contributed by atoms with van der Waals surface area (Å²) in [5.41, 5.74) is 0. The summed E-state index contributed by atoms with van der Waals surface area (Å²) in [4.78, 5) is 19.1. The number of likely N-dealkylation sites (N-methyl/N-ethyl adjacent to an activating group) is 1. The number of nitrogens with zero attached hydrogens (tertiary/aromatic N) is 1. The number of carbonyl (C=O) groups is 1. The van der Waals surface area contributed by atoms with Gasteiger partial charge in [-0.05, 0) is 6.92 Å². The van der Waals surface area contributed by atoms with E-state index in [0.29, 0.717) is 6.54 Å². The lowest BCUT2D eigenvalue weighted by Crippen LogP contribution is -2.14. The molecule has 0 aromatic rings. The first-order valence-corrected chi connectivity index (χ1v) is 1.91. The minimum absolute atomic E-state index is 0.355. The van der Waals surface area contributed by atoms with Crippen molar-refractivity contribution in [3.63, 3.8) is 0 Å². The zero-order valence-corrected chi connectivity index (χ0v) is 3.97. The molecule has 0 aliphatic rings. The Labute approximate surface area is 41.7 Å². The van der Waals surface area contributed by atoms with E-state index >= 15 is 0 Å². The third-order valence-corrected chi connectivity index (χ3v) is 0.389. The molecule has 38 valence electrons. The molecule has 0 bridgehead atoms. The second-order valence-corrected chi connectivity index (χ2v) is 0.882. The maximum Gasteiger partial charge on any atom is 0.317 e. The van der Waals surface area contributed by atoms with E-state index in [0.717, 1.165) is 6.29 Å². The average Bonchev–Trinajstić information content (AvgIpc) is 1.68. The Morgan fingerprint density at radius 2 is 2.43 bits per heavy atom. The van der Waals surface area contributed by atoms with Crippen molar-refractivity contribution in [1.29, 1.82) is 0 Å². The zero-order chi connectivity index (χ0) is 5.70. The fraction of sp³-hybridized carbons (Fsp3) is 0.500. The molecule has 0 atom stereocenters. The van der Waals surface area contributed by atoms with Crippen LogP contribution in [0.25, 0.3) is 0 Å². The van der Waals surface area contributed by atoms with Crippen molar-refractivity contribution < 1.29 is 9.59 Å². The van der Waals surface area contributed by atoms with Crippen LogP contribution < -0.4 is 5.32 Å². The second-order valence-electron chi connectivity index (χ2n) is 0.882. The molecule has 0 aromatic carbocycles. The monoisotopic (exact) mass is 99.0 g/mol. The highest BCUT2D eigenvalue weighted by Gasteiger charge is 1.94.